The summed E-state index contributed by atoms with van der Waals surface area (Å²) in [7, 11) is 0. The van der Waals surface area contributed by atoms with Gasteiger partial charge in [-0.05, 0) is 18.2 Å². The van der Waals surface area contributed by atoms with Crippen molar-refractivity contribution in [1.82, 2.24) is 4.57 Å². The molecular weight excluding hydrogens is 299 g/mol. The highest BCUT2D eigenvalue weighted by molar-refractivity contribution is 9.10. The number of benzene rings is 1. The van der Waals surface area contributed by atoms with Gasteiger partial charge in [-0.3, -0.25) is 4.74 Å². The van der Waals surface area contributed by atoms with E-state index in [0.717, 1.165) is 15.4 Å². The molecule has 92 valence electrons. The Balaban J connectivity index is 2.12. The van der Waals surface area contributed by atoms with Gasteiger partial charge in [0.15, 0.2) is 0 Å². The molecule has 0 aliphatic carbocycles. The second-order valence-electron chi connectivity index (χ2n) is 3.48. The molecule has 1 aromatic heterocycles. The van der Waals surface area contributed by atoms with E-state index in [2.05, 4.69) is 20.7 Å². The van der Waals surface area contributed by atoms with Crippen molar-refractivity contribution < 1.29 is 17.9 Å². The third-order valence-electron chi connectivity index (χ3n) is 2.36. The van der Waals surface area contributed by atoms with Gasteiger partial charge in [-0.15, -0.1) is 13.2 Å². The highest BCUT2D eigenvalue weighted by Crippen LogP contribution is 2.25. The number of fused-ring (bicyclic) bond motifs is 1. The molecule has 0 N–H and O–H groups in total. The van der Waals surface area contributed by atoms with Crippen molar-refractivity contribution in [3.63, 3.8) is 0 Å². The van der Waals surface area contributed by atoms with Crippen molar-refractivity contribution in [1.29, 1.82) is 0 Å². The van der Waals surface area contributed by atoms with Crippen molar-refractivity contribution in [3.8, 4) is 0 Å². The number of hydrogen-bond donors (Lipinski definition) is 0. The van der Waals surface area contributed by atoms with Crippen LogP contribution in [0.2, 0.25) is 0 Å². The molecule has 0 radical (unpaired) electrons. The van der Waals surface area contributed by atoms with E-state index in [-0.39, 0.29) is 13.2 Å². The molecule has 0 bridgehead atoms. The van der Waals surface area contributed by atoms with Crippen LogP contribution in [-0.4, -0.2) is 17.5 Å². The van der Waals surface area contributed by atoms with Crippen LogP contribution in [0.5, 0.6) is 0 Å². The Morgan fingerprint density at radius 1 is 1.24 bits per heavy atom. The topological polar surface area (TPSA) is 14.2 Å². The van der Waals surface area contributed by atoms with Gasteiger partial charge in [-0.25, -0.2) is 0 Å². The largest absolute Gasteiger partial charge is 0.522 e. The van der Waals surface area contributed by atoms with E-state index in [9.17, 15) is 13.2 Å². The fraction of sp³-hybridized carbons (Fsp3) is 0.273. The monoisotopic (exact) mass is 307 g/mol. The van der Waals surface area contributed by atoms with Crippen molar-refractivity contribution in [3.05, 3.63) is 34.9 Å². The second-order valence-corrected chi connectivity index (χ2v) is 4.33. The lowest BCUT2D eigenvalue weighted by atomic mass is 10.2. The lowest BCUT2D eigenvalue weighted by Crippen LogP contribution is -2.17. The summed E-state index contributed by atoms with van der Waals surface area (Å²) >= 11 is 3.39. The molecule has 0 saturated heterocycles. The van der Waals surface area contributed by atoms with Crippen LogP contribution in [0, 0.1) is 0 Å². The predicted molar refractivity (Wildman–Crippen MR) is 61.6 cm³/mol. The SMILES string of the molecule is FC(F)(F)OCCn1ccc2c(Br)cccc21. The van der Waals surface area contributed by atoms with E-state index < -0.39 is 6.36 Å². The van der Waals surface area contributed by atoms with Crippen molar-refractivity contribution in [2.24, 2.45) is 0 Å². The molecule has 2 nitrogen and oxygen atoms in total. The average Bonchev–Trinajstić information content (AvgIpc) is 2.61. The molecule has 0 fully saturated rings. The number of rotatable bonds is 3. The smallest absolute Gasteiger partial charge is 0.345 e. The zero-order chi connectivity index (χ0) is 12.5. The summed E-state index contributed by atoms with van der Waals surface area (Å²) in [6, 6.07) is 7.44. The molecule has 0 atom stereocenters. The van der Waals surface area contributed by atoms with Crippen LogP contribution in [0.1, 0.15) is 0 Å². The van der Waals surface area contributed by atoms with E-state index in [1.54, 1.807) is 10.8 Å². The molecule has 1 heterocycles. The third kappa shape index (κ3) is 3.01. The molecular formula is C11H9BrF3NO. The number of halogens is 4. The minimum Gasteiger partial charge on any atom is -0.345 e. The van der Waals surface area contributed by atoms with Gasteiger partial charge >= 0.3 is 6.36 Å². The van der Waals surface area contributed by atoms with Crippen LogP contribution in [0.4, 0.5) is 13.2 Å². The van der Waals surface area contributed by atoms with Crippen LogP contribution in [0.25, 0.3) is 10.9 Å². The van der Waals surface area contributed by atoms with Gasteiger partial charge < -0.3 is 4.57 Å². The Morgan fingerprint density at radius 3 is 2.71 bits per heavy atom. The van der Waals surface area contributed by atoms with E-state index in [1.165, 1.54) is 0 Å². The first-order valence-electron chi connectivity index (χ1n) is 4.91. The highest BCUT2D eigenvalue weighted by Gasteiger charge is 2.28. The Morgan fingerprint density at radius 2 is 2.00 bits per heavy atom. The molecule has 0 spiro atoms. The molecule has 2 rings (SSSR count). The predicted octanol–water partition coefficient (Wildman–Crippen LogP) is 3.94. The molecule has 17 heavy (non-hydrogen) atoms. The maximum atomic E-state index is 11.8. The summed E-state index contributed by atoms with van der Waals surface area (Å²) in [4.78, 5) is 0. The Hall–Kier alpha value is -1.01. The Labute approximate surface area is 104 Å². The number of alkyl halides is 3. The minimum absolute atomic E-state index is 0.166. The summed E-state index contributed by atoms with van der Waals surface area (Å²) in [5.74, 6) is 0. The molecule has 0 saturated carbocycles. The Bertz CT molecular complexity index is 521. The molecule has 0 unspecified atom stereocenters. The van der Waals surface area contributed by atoms with Crippen LogP contribution >= 0.6 is 15.9 Å². The second kappa shape index (κ2) is 4.70. The van der Waals surface area contributed by atoms with Gasteiger partial charge in [0.25, 0.3) is 0 Å². The van der Waals surface area contributed by atoms with Gasteiger partial charge in [0, 0.05) is 28.1 Å². The summed E-state index contributed by atoms with van der Waals surface area (Å²) < 4.78 is 41.9. The summed E-state index contributed by atoms with van der Waals surface area (Å²) in [5.41, 5.74) is 0.880. The number of ether oxygens (including phenoxy) is 1. The van der Waals surface area contributed by atoms with Crippen LogP contribution in [0.3, 0.4) is 0 Å². The van der Waals surface area contributed by atoms with Crippen LogP contribution < -0.4 is 0 Å². The zero-order valence-corrected chi connectivity index (χ0v) is 10.3. The molecule has 0 aliphatic heterocycles. The van der Waals surface area contributed by atoms with E-state index in [4.69, 9.17) is 0 Å². The first kappa shape index (κ1) is 12.4. The quantitative estimate of drug-likeness (QED) is 0.838. The normalized spacial score (nSPS) is 12.2. The van der Waals surface area contributed by atoms with Gasteiger partial charge in [-0.1, -0.05) is 22.0 Å². The minimum atomic E-state index is -4.57. The van der Waals surface area contributed by atoms with Crippen molar-refractivity contribution in [2.45, 2.75) is 12.9 Å². The number of hydrogen-bond acceptors (Lipinski definition) is 1. The molecule has 2 aromatic rings. The maximum absolute atomic E-state index is 11.8. The fourth-order valence-corrected chi connectivity index (χ4v) is 2.13. The molecule has 0 aliphatic rings. The van der Waals surface area contributed by atoms with E-state index in [0.29, 0.717) is 0 Å². The number of aromatic nitrogens is 1. The summed E-state index contributed by atoms with van der Waals surface area (Å²) in [6.07, 6.45) is -2.82. The third-order valence-corrected chi connectivity index (χ3v) is 3.05. The maximum Gasteiger partial charge on any atom is 0.522 e. The van der Waals surface area contributed by atoms with E-state index in [1.807, 2.05) is 24.3 Å². The average molecular weight is 308 g/mol. The van der Waals surface area contributed by atoms with Crippen molar-refractivity contribution in [2.75, 3.05) is 6.61 Å². The van der Waals surface area contributed by atoms with Gasteiger partial charge in [0.2, 0.25) is 0 Å². The Kier molecular flexibility index (Phi) is 3.44. The van der Waals surface area contributed by atoms with Gasteiger partial charge in [0.05, 0.1) is 6.61 Å². The standard InChI is InChI=1S/C11H9BrF3NO/c12-9-2-1-3-10-8(9)4-5-16(10)6-7-17-11(13,14)15/h1-5H,6-7H2. The zero-order valence-electron chi connectivity index (χ0n) is 8.67. The lowest BCUT2D eigenvalue weighted by molar-refractivity contribution is -0.325. The summed E-state index contributed by atoms with van der Waals surface area (Å²) in [6.45, 7) is -0.223. The van der Waals surface area contributed by atoms with Gasteiger partial charge in [-0.2, -0.15) is 0 Å². The highest BCUT2D eigenvalue weighted by atomic mass is 79.9. The van der Waals surface area contributed by atoms with Crippen LogP contribution in [0.15, 0.2) is 34.9 Å². The lowest BCUT2D eigenvalue weighted by Gasteiger charge is -2.09. The first-order chi connectivity index (χ1) is 7.97. The molecule has 0 amide bonds. The van der Waals surface area contributed by atoms with Crippen LogP contribution in [-0.2, 0) is 11.3 Å². The number of nitrogens with zero attached hydrogens (tertiary/aromatic N) is 1. The fourth-order valence-electron chi connectivity index (χ4n) is 1.64. The van der Waals surface area contributed by atoms with Gasteiger partial charge in [0.1, 0.15) is 0 Å². The van der Waals surface area contributed by atoms with E-state index >= 15 is 0 Å². The first-order valence-corrected chi connectivity index (χ1v) is 5.71. The van der Waals surface area contributed by atoms with Crippen molar-refractivity contribution >= 4 is 26.8 Å². The molecule has 6 heteroatoms. The summed E-state index contributed by atoms with van der Waals surface area (Å²) in [5, 5.41) is 0.972. The molecule has 1 aromatic carbocycles.